The highest BCUT2D eigenvalue weighted by Crippen LogP contribution is 2.19. The first kappa shape index (κ1) is 9.99. The van der Waals surface area contributed by atoms with Crippen LogP contribution in [0.25, 0.3) is 0 Å². The zero-order valence-electron chi connectivity index (χ0n) is 8.16. The molecule has 0 fully saturated rings. The average Bonchev–Trinajstić information content (AvgIpc) is 2.18. The van der Waals surface area contributed by atoms with Crippen molar-refractivity contribution in [1.29, 1.82) is 0 Å². The summed E-state index contributed by atoms with van der Waals surface area (Å²) in [6.07, 6.45) is 2.72. The Morgan fingerprint density at radius 2 is 2.38 bits per heavy atom. The predicted molar refractivity (Wildman–Crippen MR) is 52.9 cm³/mol. The van der Waals surface area contributed by atoms with Crippen molar-refractivity contribution in [3.05, 3.63) is 24.0 Å². The number of hydrogen-bond donors (Lipinski definition) is 1. The van der Waals surface area contributed by atoms with E-state index in [1.165, 1.54) is 0 Å². The standard InChI is InChI=1S/C10H16N2O/c1-8(3-5-11)10-7-9(13-2)4-6-12-10/h4,6-8H,3,5,11H2,1-2H3. The minimum absolute atomic E-state index is 0.403. The molecule has 3 heteroatoms. The van der Waals surface area contributed by atoms with E-state index in [2.05, 4.69) is 11.9 Å². The highest BCUT2D eigenvalue weighted by atomic mass is 16.5. The third-order valence-electron chi connectivity index (χ3n) is 2.09. The van der Waals surface area contributed by atoms with Gasteiger partial charge in [-0.15, -0.1) is 0 Å². The number of rotatable bonds is 4. The number of pyridine rings is 1. The summed E-state index contributed by atoms with van der Waals surface area (Å²) >= 11 is 0. The topological polar surface area (TPSA) is 48.1 Å². The number of nitrogens with zero attached hydrogens (tertiary/aromatic N) is 1. The summed E-state index contributed by atoms with van der Waals surface area (Å²) in [5.41, 5.74) is 6.52. The molecule has 1 aromatic heterocycles. The molecule has 0 aliphatic rings. The first-order valence-electron chi connectivity index (χ1n) is 4.48. The second-order valence-corrected chi connectivity index (χ2v) is 3.10. The van der Waals surface area contributed by atoms with Crippen LogP contribution >= 0.6 is 0 Å². The predicted octanol–water partition coefficient (Wildman–Crippen LogP) is 1.54. The van der Waals surface area contributed by atoms with Crippen LogP contribution in [0.4, 0.5) is 0 Å². The maximum atomic E-state index is 5.48. The molecule has 0 saturated carbocycles. The summed E-state index contributed by atoms with van der Waals surface area (Å²) in [5, 5.41) is 0. The molecule has 0 aliphatic heterocycles. The molecule has 3 nitrogen and oxygen atoms in total. The number of aromatic nitrogens is 1. The fourth-order valence-corrected chi connectivity index (χ4v) is 1.22. The van der Waals surface area contributed by atoms with Gasteiger partial charge in [0.1, 0.15) is 5.75 Å². The van der Waals surface area contributed by atoms with Gasteiger partial charge in [0.05, 0.1) is 7.11 Å². The van der Waals surface area contributed by atoms with Crippen molar-refractivity contribution in [2.24, 2.45) is 5.73 Å². The Kier molecular flexibility index (Phi) is 3.71. The molecule has 2 N–H and O–H groups in total. The smallest absolute Gasteiger partial charge is 0.122 e. The van der Waals surface area contributed by atoms with Crippen molar-refractivity contribution in [3.63, 3.8) is 0 Å². The molecule has 1 rings (SSSR count). The number of methoxy groups -OCH3 is 1. The van der Waals surface area contributed by atoms with Crippen LogP contribution in [0.3, 0.4) is 0 Å². The Morgan fingerprint density at radius 3 is 3.00 bits per heavy atom. The largest absolute Gasteiger partial charge is 0.497 e. The minimum Gasteiger partial charge on any atom is -0.497 e. The van der Waals surface area contributed by atoms with Gasteiger partial charge < -0.3 is 10.5 Å². The first-order valence-corrected chi connectivity index (χ1v) is 4.48. The van der Waals surface area contributed by atoms with Crippen molar-refractivity contribution in [3.8, 4) is 5.75 Å². The van der Waals surface area contributed by atoms with E-state index < -0.39 is 0 Å². The van der Waals surface area contributed by atoms with E-state index >= 15 is 0 Å². The molecular weight excluding hydrogens is 164 g/mol. The van der Waals surface area contributed by atoms with Crippen LogP contribution in [0, 0.1) is 0 Å². The molecule has 0 saturated heterocycles. The van der Waals surface area contributed by atoms with Gasteiger partial charge in [-0.1, -0.05) is 6.92 Å². The molecule has 13 heavy (non-hydrogen) atoms. The molecule has 1 aromatic rings. The molecule has 1 atom stereocenters. The number of hydrogen-bond acceptors (Lipinski definition) is 3. The maximum Gasteiger partial charge on any atom is 0.122 e. The van der Waals surface area contributed by atoms with Crippen LogP contribution in [0.5, 0.6) is 5.75 Å². The summed E-state index contributed by atoms with van der Waals surface area (Å²) in [5.74, 6) is 1.26. The van der Waals surface area contributed by atoms with Gasteiger partial charge >= 0.3 is 0 Å². The molecular formula is C10H16N2O. The Bertz CT molecular complexity index is 263. The second kappa shape index (κ2) is 4.82. The third-order valence-corrected chi connectivity index (χ3v) is 2.09. The first-order chi connectivity index (χ1) is 6.27. The lowest BCUT2D eigenvalue weighted by Gasteiger charge is -2.09. The molecule has 1 unspecified atom stereocenters. The van der Waals surface area contributed by atoms with Crippen molar-refractivity contribution in [1.82, 2.24) is 4.98 Å². The van der Waals surface area contributed by atoms with Gasteiger partial charge in [0.2, 0.25) is 0 Å². The summed E-state index contributed by atoms with van der Waals surface area (Å²) in [7, 11) is 1.66. The molecule has 0 radical (unpaired) electrons. The van der Waals surface area contributed by atoms with Crippen molar-refractivity contribution < 1.29 is 4.74 Å². The fraction of sp³-hybridized carbons (Fsp3) is 0.500. The zero-order chi connectivity index (χ0) is 9.68. The van der Waals surface area contributed by atoms with Crippen molar-refractivity contribution in [2.45, 2.75) is 19.3 Å². The third kappa shape index (κ3) is 2.70. The van der Waals surface area contributed by atoms with E-state index in [4.69, 9.17) is 10.5 Å². The molecule has 1 heterocycles. The molecule has 72 valence electrons. The highest BCUT2D eigenvalue weighted by Gasteiger charge is 2.06. The fourth-order valence-electron chi connectivity index (χ4n) is 1.22. The highest BCUT2D eigenvalue weighted by molar-refractivity contribution is 5.24. The SMILES string of the molecule is COc1ccnc(C(C)CCN)c1. The van der Waals surface area contributed by atoms with Crippen LogP contribution in [0.15, 0.2) is 18.3 Å². The average molecular weight is 180 g/mol. The molecule has 0 bridgehead atoms. The van der Waals surface area contributed by atoms with Gasteiger partial charge in [0, 0.05) is 18.0 Å². The van der Waals surface area contributed by atoms with Crippen LogP contribution in [0.2, 0.25) is 0 Å². The van der Waals surface area contributed by atoms with E-state index in [0.29, 0.717) is 12.5 Å². The Hall–Kier alpha value is -1.09. The van der Waals surface area contributed by atoms with E-state index in [-0.39, 0.29) is 0 Å². The molecule has 0 amide bonds. The van der Waals surface area contributed by atoms with Crippen LogP contribution in [-0.2, 0) is 0 Å². The van der Waals surface area contributed by atoms with Crippen LogP contribution in [-0.4, -0.2) is 18.6 Å². The monoisotopic (exact) mass is 180 g/mol. The van der Waals surface area contributed by atoms with E-state index in [1.807, 2.05) is 12.1 Å². The van der Waals surface area contributed by atoms with E-state index in [9.17, 15) is 0 Å². The van der Waals surface area contributed by atoms with Gasteiger partial charge in [-0.05, 0) is 24.9 Å². The van der Waals surface area contributed by atoms with Gasteiger partial charge in [-0.2, -0.15) is 0 Å². The van der Waals surface area contributed by atoms with E-state index in [0.717, 1.165) is 17.9 Å². The van der Waals surface area contributed by atoms with Crippen LogP contribution in [0.1, 0.15) is 25.0 Å². The maximum absolute atomic E-state index is 5.48. The lowest BCUT2D eigenvalue weighted by molar-refractivity contribution is 0.413. The Morgan fingerprint density at radius 1 is 1.62 bits per heavy atom. The molecule has 0 aromatic carbocycles. The molecule has 0 spiro atoms. The van der Waals surface area contributed by atoms with Crippen molar-refractivity contribution >= 4 is 0 Å². The number of ether oxygens (including phenoxy) is 1. The summed E-state index contributed by atoms with van der Waals surface area (Å²) < 4.78 is 5.11. The normalized spacial score (nSPS) is 12.5. The second-order valence-electron chi connectivity index (χ2n) is 3.10. The Labute approximate surface area is 78.9 Å². The summed E-state index contributed by atoms with van der Waals surface area (Å²) in [4.78, 5) is 4.27. The number of nitrogens with two attached hydrogens (primary N) is 1. The quantitative estimate of drug-likeness (QED) is 0.764. The summed E-state index contributed by atoms with van der Waals surface area (Å²) in [6, 6.07) is 3.80. The van der Waals surface area contributed by atoms with Crippen LogP contribution < -0.4 is 10.5 Å². The van der Waals surface area contributed by atoms with Crippen molar-refractivity contribution in [2.75, 3.05) is 13.7 Å². The molecule has 0 aliphatic carbocycles. The summed E-state index contributed by atoms with van der Waals surface area (Å²) in [6.45, 7) is 2.81. The van der Waals surface area contributed by atoms with E-state index in [1.54, 1.807) is 13.3 Å². The minimum atomic E-state index is 0.403. The lowest BCUT2D eigenvalue weighted by Crippen LogP contribution is -2.05. The van der Waals surface area contributed by atoms with Gasteiger partial charge in [0.25, 0.3) is 0 Å². The van der Waals surface area contributed by atoms with Gasteiger partial charge in [0.15, 0.2) is 0 Å². The van der Waals surface area contributed by atoms with Gasteiger partial charge in [-0.3, -0.25) is 4.98 Å². The Balaban J connectivity index is 2.75. The lowest BCUT2D eigenvalue weighted by atomic mass is 10.0. The van der Waals surface area contributed by atoms with Gasteiger partial charge in [-0.25, -0.2) is 0 Å². The zero-order valence-corrected chi connectivity index (χ0v) is 8.16.